The minimum atomic E-state index is 0.796. The summed E-state index contributed by atoms with van der Waals surface area (Å²) in [5, 5.41) is 0. The third-order valence-corrected chi connectivity index (χ3v) is 4.14. The van der Waals surface area contributed by atoms with E-state index in [1.807, 2.05) is 0 Å². The highest BCUT2D eigenvalue weighted by atomic mass is 15.1. The Morgan fingerprint density at radius 1 is 1.12 bits per heavy atom. The molecule has 2 nitrogen and oxygen atoms in total. The van der Waals surface area contributed by atoms with Gasteiger partial charge in [-0.25, -0.2) is 0 Å². The summed E-state index contributed by atoms with van der Waals surface area (Å²) >= 11 is 0. The molecular formula is C14H30N2. The van der Waals surface area contributed by atoms with Crippen molar-refractivity contribution in [1.82, 2.24) is 4.90 Å². The molecule has 0 spiro atoms. The summed E-state index contributed by atoms with van der Waals surface area (Å²) in [6.07, 6.45) is 8.25. The molecule has 0 amide bonds. The molecule has 2 N–H and O–H groups in total. The predicted molar refractivity (Wildman–Crippen MR) is 71.5 cm³/mol. The topological polar surface area (TPSA) is 29.3 Å². The van der Waals surface area contributed by atoms with Gasteiger partial charge in [-0.05, 0) is 50.7 Å². The van der Waals surface area contributed by atoms with Crippen molar-refractivity contribution in [2.75, 3.05) is 26.2 Å². The van der Waals surface area contributed by atoms with E-state index in [2.05, 4.69) is 18.7 Å². The van der Waals surface area contributed by atoms with E-state index in [-0.39, 0.29) is 0 Å². The molecular weight excluding hydrogens is 196 g/mol. The molecule has 1 aliphatic carbocycles. The highest BCUT2D eigenvalue weighted by Gasteiger charge is 2.25. The van der Waals surface area contributed by atoms with E-state index in [0.717, 1.165) is 18.4 Å². The van der Waals surface area contributed by atoms with Crippen LogP contribution in [0.5, 0.6) is 0 Å². The predicted octanol–water partition coefficient (Wildman–Crippen LogP) is 2.87. The average molecular weight is 226 g/mol. The Morgan fingerprint density at radius 3 is 2.38 bits per heavy atom. The first-order valence-corrected chi connectivity index (χ1v) is 7.24. The number of unbranched alkanes of at least 4 members (excludes halogenated alkanes) is 1. The second-order valence-corrected chi connectivity index (χ2v) is 5.29. The maximum Gasteiger partial charge on any atom is 0.00127 e. The Balaban J connectivity index is 2.35. The molecule has 1 saturated carbocycles. The van der Waals surface area contributed by atoms with Crippen LogP contribution < -0.4 is 5.73 Å². The Bertz CT molecular complexity index is 170. The standard InChI is InChI=1S/C14H30N2/c1-3-5-10-16(4-2)12-14-9-7-6-8-13(14)11-15/h13-14H,3-12,15H2,1-2H3. The van der Waals surface area contributed by atoms with Crippen LogP contribution in [0.1, 0.15) is 52.4 Å². The molecule has 0 aromatic heterocycles. The number of hydrogen-bond donors (Lipinski definition) is 1. The average Bonchev–Trinajstić information content (AvgIpc) is 2.34. The molecule has 2 unspecified atom stereocenters. The summed E-state index contributed by atoms with van der Waals surface area (Å²) in [5.74, 6) is 1.67. The summed E-state index contributed by atoms with van der Waals surface area (Å²) in [4.78, 5) is 2.63. The maximum atomic E-state index is 5.89. The lowest BCUT2D eigenvalue weighted by Crippen LogP contribution is -2.37. The minimum absolute atomic E-state index is 0.796. The highest BCUT2D eigenvalue weighted by Crippen LogP contribution is 2.29. The fraction of sp³-hybridized carbons (Fsp3) is 1.00. The zero-order valence-electron chi connectivity index (χ0n) is 11.3. The van der Waals surface area contributed by atoms with Gasteiger partial charge in [0.25, 0.3) is 0 Å². The smallest absolute Gasteiger partial charge is 0.00127 e. The third kappa shape index (κ3) is 4.42. The fourth-order valence-corrected chi connectivity index (χ4v) is 2.93. The third-order valence-electron chi connectivity index (χ3n) is 4.14. The van der Waals surface area contributed by atoms with Gasteiger partial charge in [0, 0.05) is 6.54 Å². The van der Waals surface area contributed by atoms with Gasteiger partial charge in [0.15, 0.2) is 0 Å². The van der Waals surface area contributed by atoms with Gasteiger partial charge < -0.3 is 10.6 Å². The van der Waals surface area contributed by atoms with Gasteiger partial charge in [-0.1, -0.05) is 33.1 Å². The van der Waals surface area contributed by atoms with E-state index in [1.165, 1.54) is 58.2 Å². The zero-order chi connectivity index (χ0) is 11.8. The monoisotopic (exact) mass is 226 g/mol. The molecule has 0 saturated heterocycles. The van der Waals surface area contributed by atoms with Crippen LogP contribution in [0.3, 0.4) is 0 Å². The van der Waals surface area contributed by atoms with Gasteiger partial charge in [0.2, 0.25) is 0 Å². The lowest BCUT2D eigenvalue weighted by molar-refractivity contribution is 0.157. The molecule has 0 radical (unpaired) electrons. The van der Waals surface area contributed by atoms with Crippen LogP contribution in [0.25, 0.3) is 0 Å². The molecule has 96 valence electrons. The summed E-state index contributed by atoms with van der Waals surface area (Å²) in [5.41, 5.74) is 5.89. The Hall–Kier alpha value is -0.0800. The lowest BCUT2D eigenvalue weighted by Gasteiger charge is -2.34. The first-order chi connectivity index (χ1) is 7.81. The first-order valence-electron chi connectivity index (χ1n) is 7.24. The second kappa shape index (κ2) is 8.08. The van der Waals surface area contributed by atoms with Crippen LogP contribution in [-0.4, -0.2) is 31.1 Å². The van der Waals surface area contributed by atoms with Crippen LogP contribution in [0.4, 0.5) is 0 Å². The van der Waals surface area contributed by atoms with Crippen molar-refractivity contribution in [2.45, 2.75) is 52.4 Å². The number of nitrogens with zero attached hydrogens (tertiary/aromatic N) is 1. The van der Waals surface area contributed by atoms with Crippen molar-refractivity contribution >= 4 is 0 Å². The Morgan fingerprint density at radius 2 is 1.81 bits per heavy atom. The van der Waals surface area contributed by atoms with Crippen LogP contribution in [0.2, 0.25) is 0 Å². The van der Waals surface area contributed by atoms with Crippen molar-refractivity contribution < 1.29 is 0 Å². The molecule has 2 heteroatoms. The Labute approximate surface area is 102 Å². The molecule has 0 aliphatic heterocycles. The molecule has 0 aromatic rings. The number of nitrogens with two attached hydrogens (primary N) is 1. The van der Waals surface area contributed by atoms with Gasteiger partial charge in [-0.2, -0.15) is 0 Å². The van der Waals surface area contributed by atoms with E-state index < -0.39 is 0 Å². The molecule has 1 fully saturated rings. The van der Waals surface area contributed by atoms with Crippen LogP contribution in [-0.2, 0) is 0 Å². The van der Waals surface area contributed by atoms with Crippen LogP contribution in [0, 0.1) is 11.8 Å². The lowest BCUT2D eigenvalue weighted by atomic mass is 9.79. The number of rotatable bonds is 7. The minimum Gasteiger partial charge on any atom is -0.330 e. The zero-order valence-corrected chi connectivity index (χ0v) is 11.3. The van der Waals surface area contributed by atoms with Crippen LogP contribution >= 0.6 is 0 Å². The van der Waals surface area contributed by atoms with E-state index in [4.69, 9.17) is 5.73 Å². The summed E-state index contributed by atoms with van der Waals surface area (Å²) in [6.45, 7) is 9.23. The van der Waals surface area contributed by atoms with Gasteiger partial charge >= 0.3 is 0 Å². The van der Waals surface area contributed by atoms with E-state index >= 15 is 0 Å². The normalized spacial score (nSPS) is 26.2. The van der Waals surface area contributed by atoms with Crippen LogP contribution in [0.15, 0.2) is 0 Å². The van der Waals surface area contributed by atoms with Gasteiger partial charge in [-0.3, -0.25) is 0 Å². The largest absolute Gasteiger partial charge is 0.330 e. The SMILES string of the molecule is CCCCN(CC)CC1CCCCC1CN. The molecule has 2 atom stereocenters. The first kappa shape index (κ1) is 14.0. The summed E-state index contributed by atoms with van der Waals surface area (Å²) in [7, 11) is 0. The molecule has 16 heavy (non-hydrogen) atoms. The van der Waals surface area contributed by atoms with Crippen molar-refractivity contribution in [1.29, 1.82) is 0 Å². The molecule has 1 rings (SSSR count). The van der Waals surface area contributed by atoms with Crippen molar-refractivity contribution in [3.63, 3.8) is 0 Å². The van der Waals surface area contributed by atoms with Crippen molar-refractivity contribution in [3.05, 3.63) is 0 Å². The number of hydrogen-bond acceptors (Lipinski definition) is 2. The highest BCUT2D eigenvalue weighted by molar-refractivity contribution is 4.78. The maximum absolute atomic E-state index is 5.89. The van der Waals surface area contributed by atoms with E-state index in [0.29, 0.717) is 0 Å². The molecule has 0 aromatic carbocycles. The molecule has 1 aliphatic rings. The van der Waals surface area contributed by atoms with E-state index in [9.17, 15) is 0 Å². The van der Waals surface area contributed by atoms with Gasteiger partial charge in [0.1, 0.15) is 0 Å². The Kier molecular flexibility index (Phi) is 7.06. The molecule has 0 bridgehead atoms. The summed E-state index contributed by atoms with van der Waals surface area (Å²) in [6, 6.07) is 0. The summed E-state index contributed by atoms with van der Waals surface area (Å²) < 4.78 is 0. The quantitative estimate of drug-likeness (QED) is 0.723. The van der Waals surface area contributed by atoms with Gasteiger partial charge in [-0.15, -0.1) is 0 Å². The fourth-order valence-electron chi connectivity index (χ4n) is 2.93. The van der Waals surface area contributed by atoms with Gasteiger partial charge in [0.05, 0.1) is 0 Å². The molecule has 0 heterocycles. The van der Waals surface area contributed by atoms with Crippen molar-refractivity contribution in [2.24, 2.45) is 17.6 Å². The second-order valence-electron chi connectivity index (χ2n) is 5.29. The van der Waals surface area contributed by atoms with Crippen molar-refractivity contribution in [3.8, 4) is 0 Å². The van der Waals surface area contributed by atoms with E-state index in [1.54, 1.807) is 0 Å².